The second-order valence-corrected chi connectivity index (χ2v) is 8.39. The Hall–Kier alpha value is -2.65. The number of ether oxygens (including phenoxy) is 2. The van der Waals surface area contributed by atoms with Gasteiger partial charge in [-0.1, -0.05) is 6.07 Å². The van der Waals surface area contributed by atoms with Crippen molar-refractivity contribution in [3.63, 3.8) is 0 Å². The number of hydrogen-bond acceptors (Lipinski definition) is 6. The van der Waals surface area contributed by atoms with Crippen LogP contribution in [0.3, 0.4) is 0 Å². The molecule has 1 atom stereocenters. The molecule has 150 valence electrons. The van der Waals surface area contributed by atoms with Crippen LogP contribution in [0.15, 0.2) is 41.4 Å². The summed E-state index contributed by atoms with van der Waals surface area (Å²) in [6.07, 6.45) is 2.69. The van der Waals surface area contributed by atoms with Gasteiger partial charge >= 0.3 is 0 Å². The van der Waals surface area contributed by atoms with E-state index in [1.165, 1.54) is 36.7 Å². The van der Waals surface area contributed by atoms with E-state index in [1.807, 2.05) is 13.0 Å². The summed E-state index contributed by atoms with van der Waals surface area (Å²) >= 11 is 0. The molecule has 0 bridgehead atoms. The van der Waals surface area contributed by atoms with Crippen molar-refractivity contribution < 1.29 is 22.7 Å². The second kappa shape index (κ2) is 8.15. The molecule has 2 heterocycles. The van der Waals surface area contributed by atoms with Gasteiger partial charge < -0.3 is 14.8 Å². The van der Waals surface area contributed by atoms with Crippen LogP contribution in [-0.4, -0.2) is 50.4 Å². The van der Waals surface area contributed by atoms with Gasteiger partial charge in [0.05, 0.1) is 19.1 Å². The van der Waals surface area contributed by atoms with E-state index in [-0.39, 0.29) is 11.4 Å². The van der Waals surface area contributed by atoms with E-state index in [9.17, 15) is 13.2 Å². The van der Waals surface area contributed by atoms with Crippen LogP contribution in [0.4, 0.5) is 5.82 Å². The average Bonchev–Trinajstić information content (AvgIpc) is 3.20. The number of nitrogens with zero attached hydrogens (tertiary/aromatic N) is 2. The molecule has 0 spiro atoms. The van der Waals surface area contributed by atoms with Crippen LogP contribution in [0.25, 0.3) is 0 Å². The van der Waals surface area contributed by atoms with Gasteiger partial charge in [-0.3, -0.25) is 4.79 Å². The Morgan fingerprint density at radius 1 is 1.18 bits per heavy atom. The summed E-state index contributed by atoms with van der Waals surface area (Å²) in [7, 11) is -0.955. The number of sulfonamides is 1. The van der Waals surface area contributed by atoms with Crippen molar-refractivity contribution in [1.82, 2.24) is 9.29 Å². The molecular formula is C19H23N3O5S. The van der Waals surface area contributed by atoms with E-state index in [4.69, 9.17) is 9.47 Å². The smallest absolute Gasteiger partial charge is 0.243 e. The molecule has 1 saturated heterocycles. The number of carbonyl (C=O) groups excluding carboxylic acids is 1. The summed E-state index contributed by atoms with van der Waals surface area (Å²) in [6.45, 7) is 2.17. The van der Waals surface area contributed by atoms with Crippen LogP contribution < -0.4 is 14.8 Å². The topological polar surface area (TPSA) is 97.8 Å². The van der Waals surface area contributed by atoms with E-state index in [1.54, 1.807) is 12.3 Å². The molecule has 0 radical (unpaired) electrons. The molecule has 2 aromatic rings. The molecule has 1 aliphatic rings. The minimum atomic E-state index is -3.87. The first-order valence-electron chi connectivity index (χ1n) is 8.84. The van der Waals surface area contributed by atoms with Crippen molar-refractivity contribution in [3.8, 4) is 11.5 Å². The van der Waals surface area contributed by atoms with Crippen molar-refractivity contribution in [2.75, 3.05) is 26.1 Å². The molecule has 1 amide bonds. The Morgan fingerprint density at radius 3 is 2.57 bits per heavy atom. The fourth-order valence-corrected chi connectivity index (χ4v) is 4.83. The minimum absolute atomic E-state index is 0.0540. The SMILES string of the molecule is COc1ccc(S(=O)(=O)N2CCCC2C(=O)Nc2ccc(C)cn2)cc1OC. The Kier molecular flexibility index (Phi) is 5.85. The lowest BCUT2D eigenvalue weighted by Crippen LogP contribution is -2.43. The zero-order chi connectivity index (χ0) is 20.3. The third-order valence-electron chi connectivity index (χ3n) is 4.63. The van der Waals surface area contributed by atoms with Crippen LogP contribution in [0.2, 0.25) is 0 Å². The normalized spacial score (nSPS) is 17.3. The molecule has 1 aliphatic heterocycles. The summed E-state index contributed by atoms with van der Waals surface area (Å²) in [5, 5.41) is 2.70. The second-order valence-electron chi connectivity index (χ2n) is 6.50. The zero-order valence-electron chi connectivity index (χ0n) is 16.0. The standard InChI is InChI=1S/C19H23N3O5S/c1-13-6-9-18(20-12-13)21-19(23)15-5-4-10-22(15)28(24,25)14-7-8-16(26-2)17(11-14)27-3/h6-9,11-12,15H,4-5,10H2,1-3H3,(H,20,21,23). The summed E-state index contributed by atoms with van der Waals surface area (Å²) in [5.41, 5.74) is 0.969. The summed E-state index contributed by atoms with van der Waals surface area (Å²) in [5.74, 6) is 0.749. The molecule has 1 N–H and O–H groups in total. The number of anilines is 1. The predicted molar refractivity (Wildman–Crippen MR) is 104 cm³/mol. The van der Waals surface area contributed by atoms with Gasteiger partial charge in [-0.05, 0) is 43.5 Å². The molecule has 28 heavy (non-hydrogen) atoms. The van der Waals surface area contributed by atoms with Gasteiger partial charge in [0.15, 0.2) is 11.5 Å². The van der Waals surface area contributed by atoms with Crippen molar-refractivity contribution in [3.05, 3.63) is 42.1 Å². The minimum Gasteiger partial charge on any atom is -0.493 e. The highest BCUT2D eigenvalue weighted by molar-refractivity contribution is 7.89. The highest BCUT2D eigenvalue weighted by atomic mass is 32.2. The molecular weight excluding hydrogens is 382 g/mol. The Bertz CT molecular complexity index is 960. The lowest BCUT2D eigenvalue weighted by molar-refractivity contribution is -0.119. The number of aromatic nitrogens is 1. The van der Waals surface area contributed by atoms with Gasteiger partial charge in [-0.15, -0.1) is 0 Å². The lowest BCUT2D eigenvalue weighted by atomic mass is 10.2. The van der Waals surface area contributed by atoms with Gasteiger partial charge in [0.1, 0.15) is 11.9 Å². The molecule has 1 fully saturated rings. The molecule has 1 aromatic carbocycles. The number of pyridine rings is 1. The molecule has 3 rings (SSSR count). The maximum Gasteiger partial charge on any atom is 0.243 e. The molecule has 0 aliphatic carbocycles. The number of aryl methyl sites for hydroxylation is 1. The van der Waals surface area contributed by atoms with Crippen LogP contribution >= 0.6 is 0 Å². The number of amides is 1. The monoisotopic (exact) mass is 405 g/mol. The molecule has 9 heteroatoms. The highest BCUT2D eigenvalue weighted by Gasteiger charge is 2.39. The summed E-state index contributed by atoms with van der Waals surface area (Å²) in [4.78, 5) is 16.9. The number of carbonyl (C=O) groups is 1. The fourth-order valence-electron chi connectivity index (χ4n) is 3.15. The molecule has 1 unspecified atom stereocenters. The largest absolute Gasteiger partial charge is 0.493 e. The van der Waals surface area contributed by atoms with Crippen LogP contribution in [0, 0.1) is 6.92 Å². The molecule has 8 nitrogen and oxygen atoms in total. The molecule has 1 aromatic heterocycles. The van der Waals surface area contributed by atoms with E-state index >= 15 is 0 Å². The Balaban J connectivity index is 1.84. The first-order valence-corrected chi connectivity index (χ1v) is 10.3. The first-order chi connectivity index (χ1) is 13.4. The van der Waals surface area contributed by atoms with E-state index in [0.29, 0.717) is 30.2 Å². The number of rotatable bonds is 6. The lowest BCUT2D eigenvalue weighted by Gasteiger charge is -2.23. The van der Waals surface area contributed by atoms with Crippen LogP contribution in [0.5, 0.6) is 11.5 Å². The van der Waals surface area contributed by atoms with Crippen LogP contribution in [0.1, 0.15) is 18.4 Å². The van der Waals surface area contributed by atoms with E-state index in [2.05, 4.69) is 10.3 Å². The maximum absolute atomic E-state index is 13.1. The number of methoxy groups -OCH3 is 2. The zero-order valence-corrected chi connectivity index (χ0v) is 16.8. The first kappa shape index (κ1) is 20.1. The third kappa shape index (κ3) is 3.95. The third-order valence-corrected chi connectivity index (χ3v) is 6.53. The fraction of sp³-hybridized carbons (Fsp3) is 0.368. The summed E-state index contributed by atoms with van der Waals surface area (Å²) in [6, 6.07) is 7.12. The highest BCUT2D eigenvalue weighted by Crippen LogP contribution is 2.33. The number of hydrogen-bond donors (Lipinski definition) is 1. The van der Waals surface area contributed by atoms with E-state index < -0.39 is 22.0 Å². The van der Waals surface area contributed by atoms with Crippen LogP contribution in [-0.2, 0) is 14.8 Å². The quantitative estimate of drug-likeness (QED) is 0.791. The van der Waals surface area contributed by atoms with Gasteiger partial charge in [-0.2, -0.15) is 4.31 Å². The Morgan fingerprint density at radius 2 is 1.93 bits per heavy atom. The van der Waals surface area contributed by atoms with Gasteiger partial charge in [-0.25, -0.2) is 13.4 Å². The molecule has 0 saturated carbocycles. The van der Waals surface area contributed by atoms with Crippen molar-refractivity contribution in [2.24, 2.45) is 0 Å². The van der Waals surface area contributed by atoms with E-state index in [0.717, 1.165) is 5.56 Å². The van der Waals surface area contributed by atoms with Crippen molar-refractivity contribution in [1.29, 1.82) is 0 Å². The van der Waals surface area contributed by atoms with Gasteiger partial charge in [0.25, 0.3) is 0 Å². The van der Waals surface area contributed by atoms with Crippen molar-refractivity contribution >= 4 is 21.7 Å². The summed E-state index contributed by atoms with van der Waals surface area (Å²) < 4.78 is 37.9. The number of nitrogens with one attached hydrogen (secondary N) is 1. The Labute approximate surface area is 164 Å². The average molecular weight is 405 g/mol. The predicted octanol–water partition coefficient (Wildman–Crippen LogP) is 2.20. The van der Waals surface area contributed by atoms with Crippen molar-refractivity contribution in [2.45, 2.75) is 30.7 Å². The van der Waals surface area contributed by atoms with Gasteiger partial charge in [0, 0.05) is 18.8 Å². The number of benzene rings is 1. The van der Waals surface area contributed by atoms with Gasteiger partial charge in [0.2, 0.25) is 15.9 Å². The maximum atomic E-state index is 13.1.